The molecule has 0 radical (unpaired) electrons. The van der Waals surface area contributed by atoms with Crippen molar-refractivity contribution < 1.29 is 14.3 Å². The van der Waals surface area contributed by atoms with Gasteiger partial charge >= 0.3 is 0 Å². The Morgan fingerprint density at radius 1 is 1.11 bits per heavy atom. The van der Waals surface area contributed by atoms with Crippen LogP contribution in [0.25, 0.3) is 0 Å². The molecule has 2 aliphatic rings. The molecule has 2 aromatic rings. The van der Waals surface area contributed by atoms with Gasteiger partial charge in [-0.3, -0.25) is 9.69 Å². The first-order chi connectivity index (χ1) is 13.7. The van der Waals surface area contributed by atoms with E-state index in [2.05, 4.69) is 40.5 Å². The second-order valence-electron chi connectivity index (χ2n) is 7.81. The Bertz CT molecular complexity index is 801. The molecule has 5 nitrogen and oxygen atoms in total. The first-order valence-corrected chi connectivity index (χ1v) is 10.1. The predicted octanol–water partition coefficient (Wildman–Crippen LogP) is 3.55. The smallest absolute Gasteiger partial charge is 0.234 e. The molecule has 2 heterocycles. The maximum absolute atomic E-state index is 12.5. The molecule has 0 saturated carbocycles. The Kier molecular flexibility index (Phi) is 5.81. The zero-order chi connectivity index (χ0) is 19.3. The summed E-state index contributed by atoms with van der Waals surface area (Å²) in [6.07, 6.45) is 3.45. The molecular formula is C23H28N2O3. The Balaban J connectivity index is 1.22. The van der Waals surface area contributed by atoms with Gasteiger partial charge in [-0.25, -0.2) is 0 Å². The highest BCUT2D eigenvalue weighted by Crippen LogP contribution is 2.34. The zero-order valence-electron chi connectivity index (χ0n) is 16.4. The van der Waals surface area contributed by atoms with Crippen LogP contribution in [0.3, 0.4) is 0 Å². The summed E-state index contributed by atoms with van der Waals surface area (Å²) in [5.74, 6) is 2.31. The van der Waals surface area contributed by atoms with Gasteiger partial charge in [-0.1, -0.05) is 36.4 Å². The summed E-state index contributed by atoms with van der Waals surface area (Å²) in [7, 11) is 0. The molecule has 1 amide bonds. The van der Waals surface area contributed by atoms with E-state index < -0.39 is 0 Å². The van der Waals surface area contributed by atoms with Crippen LogP contribution in [0, 0.1) is 5.92 Å². The van der Waals surface area contributed by atoms with Crippen LogP contribution < -0.4 is 14.8 Å². The average molecular weight is 380 g/mol. The summed E-state index contributed by atoms with van der Waals surface area (Å²) in [5, 5.41) is 3.11. The SMILES string of the molecule is C[C@H](NC(=O)CN1CCC(Cc2ccccc2)CC1)c1ccc2c(c1)OCO2. The second-order valence-corrected chi connectivity index (χ2v) is 7.81. The van der Waals surface area contributed by atoms with Gasteiger partial charge in [-0.15, -0.1) is 0 Å². The fourth-order valence-corrected chi connectivity index (χ4v) is 4.05. The first-order valence-electron chi connectivity index (χ1n) is 10.1. The largest absolute Gasteiger partial charge is 0.454 e. The molecule has 0 bridgehead atoms. The van der Waals surface area contributed by atoms with Crippen molar-refractivity contribution in [2.75, 3.05) is 26.4 Å². The molecule has 2 aliphatic heterocycles. The van der Waals surface area contributed by atoms with Crippen LogP contribution in [0.15, 0.2) is 48.5 Å². The molecule has 1 N–H and O–H groups in total. The minimum absolute atomic E-state index is 0.0578. The molecule has 0 unspecified atom stereocenters. The monoisotopic (exact) mass is 380 g/mol. The van der Waals surface area contributed by atoms with E-state index in [0.29, 0.717) is 12.5 Å². The lowest BCUT2D eigenvalue weighted by atomic mass is 9.90. The summed E-state index contributed by atoms with van der Waals surface area (Å²) in [4.78, 5) is 14.8. The van der Waals surface area contributed by atoms with Crippen LogP contribution in [0.5, 0.6) is 11.5 Å². The number of likely N-dealkylation sites (tertiary alicyclic amines) is 1. The summed E-state index contributed by atoms with van der Waals surface area (Å²) in [6, 6.07) is 16.5. The fraction of sp³-hybridized carbons (Fsp3) is 0.435. The third kappa shape index (κ3) is 4.65. The fourth-order valence-electron chi connectivity index (χ4n) is 4.05. The second kappa shape index (κ2) is 8.65. The zero-order valence-corrected chi connectivity index (χ0v) is 16.4. The van der Waals surface area contributed by atoms with Crippen LogP contribution in [0.1, 0.15) is 36.9 Å². The molecule has 0 aliphatic carbocycles. The van der Waals surface area contributed by atoms with Crippen molar-refractivity contribution in [1.29, 1.82) is 0 Å². The number of nitrogens with zero attached hydrogens (tertiary/aromatic N) is 1. The Morgan fingerprint density at radius 2 is 1.86 bits per heavy atom. The number of benzene rings is 2. The highest BCUT2D eigenvalue weighted by atomic mass is 16.7. The van der Waals surface area contributed by atoms with Gasteiger partial charge in [-0.2, -0.15) is 0 Å². The van der Waals surface area contributed by atoms with Gasteiger partial charge in [0.05, 0.1) is 12.6 Å². The molecule has 1 saturated heterocycles. The number of rotatable bonds is 6. The summed E-state index contributed by atoms with van der Waals surface area (Å²) >= 11 is 0. The van der Waals surface area contributed by atoms with Crippen molar-refractivity contribution in [3.63, 3.8) is 0 Å². The van der Waals surface area contributed by atoms with Crippen LogP contribution >= 0.6 is 0 Å². The molecule has 5 heteroatoms. The number of piperidine rings is 1. The van der Waals surface area contributed by atoms with Crippen molar-refractivity contribution in [1.82, 2.24) is 10.2 Å². The molecule has 0 spiro atoms. The summed E-state index contributed by atoms with van der Waals surface area (Å²) in [6.45, 7) is 4.71. The lowest BCUT2D eigenvalue weighted by molar-refractivity contribution is -0.123. The number of carbonyl (C=O) groups is 1. The van der Waals surface area contributed by atoms with Crippen LogP contribution in [0.4, 0.5) is 0 Å². The maximum Gasteiger partial charge on any atom is 0.234 e. The van der Waals surface area contributed by atoms with E-state index in [1.165, 1.54) is 5.56 Å². The third-order valence-corrected chi connectivity index (χ3v) is 5.72. The number of ether oxygens (including phenoxy) is 2. The van der Waals surface area contributed by atoms with Gasteiger partial charge in [0, 0.05) is 0 Å². The molecule has 4 rings (SSSR count). The summed E-state index contributed by atoms with van der Waals surface area (Å²) < 4.78 is 10.8. The maximum atomic E-state index is 12.5. The van der Waals surface area contributed by atoms with Crippen LogP contribution in [-0.2, 0) is 11.2 Å². The molecule has 1 atom stereocenters. The number of hydrogen-bond donors (Lipinski definition) is 1. The predicted molar refractivity (Wildman–Crippen MR) is 108 cm³/mol. The number of carbonyl (C=O) groups excluding carboxylic acids is 1. The lowest BCUT2D eigenvalue weighted by Gasteiger charge is -2.31. The number of nitrogens with one attached hydrogen (secondary N) is 1. The number of hydrogen-bond acceptors (Lipinski definition) is 4. The highest BCUT2D eigenvalue weighted by Gasteiger charge is 2.22. The quantitative estimate of drug-likeness (QED) is 0.833. The minimum atomic E-state index is -0.0578. The molecule has 28 heavy (non-hydrogen) atoms. The average Bonchev–Trinajstić information content (AvgIpc) is 3.18. The van der Waals surface area contributed by atoms with Crippen molar-refractivity contribution in [2.45, 2.75) is 32.2 Å². The number of fused-ring (bicyclic) bond motifs is 1. The van der Waals surface area contributed by atoms with E-state index in [-0.39, 0.29) is 18.7 Å². The van der Waals surface area contributed by atoms with Gasteiger partial charge in [0.25, 0.3) is 0 Å². The van der Waals surface area contributed by atoms with Gasteiger partial charge in [-0.05, 0) is 68.5 Å². The van der Waals surface area contributed by atoms with Crippen molar-refractivity contribution >= 4 is 5.91 Å². The van der Waals surface area contributed by atoms with E-state index in [0.717, 1.165) is 49.4 Å². The van der Waals surface area contributed by atoms with Gasteiger partial charge in [0.2, 0.25) is 12.7 Å². The van der Waals surface area contributed by atoms with Crippen molar-refractivity contribution in [3.8, 4) is 11.5 Å². The molecular weight excluding hydrogens is 352 g/mol. The van der Waals surface area contributed by atoms with Gasteiger partial charge in [0.15, 0.2) is 11.5 Å². The molecule has 2 aromatic carbocycles. The molecule has 1 fully saturated rings. The van der Waals surface area contributed by atoms with E-state index in [1.54, 1.807) is 0 Å². The normalized spacial score (nSPS) is 18.0. The topological polar surface area (TPSA) is 50.8 Å². The molecule has 148 valence electrons. The van der Waals surface area contributed by atoms with E-state index in [1.807, 2.05) is 25.1 Å². The standard InChI is InChI=1S/C23H28N2O3/c1-17(20-7-8-21-22(14-20)28-16-27-21)24-23(26)15-25-11-9-19(10-12-25)13-18-5-3-2-4-6-18/h2-8,14,17,19H,9-13,15-16H2,1H3,(H,24,26)/t17-/m0/s1. The first kappa shape index (κ1) is 18.8. The Labute approximate surface area is 166 Å². The van der Waals surface area contributed by atoms with E-state index in [4.69, 9.17) is 9.47 Å². The van der Waals surface area contributed by atoms with Gasteiger partial charge < -0.3 is 14.8 Å². The minimum Gasteiger partial charge on any atom is -0.454 e. The highest BCUT2D eigenvalue weighted by molar-refractivity contribution is 5.78. The third-order valence-electron chi connectivity index (χ3n) is 5.72. The lowest BCUT2D eigenvalue weighted by Crippen LogP contribution is -2.42. The van der Waals surface area contributed by atoms with Crippen LogP contribution in [0.2, 0.25) is 0 Å². The Morgan fingerprint density at radius 3 is 2.64 bits per heavy atom. The summed E-state index contributed by atoms with van der Waals surface area (Å²) in [5.41, 5.74) is 2.44. The molecule has 0 aromatic heterocycles. The van der Waals surface area contributed by atoms with Crippen molar-refractivity contribution in [3.05, 3.63) is 59.7 Å². The van der Waals surface area contributed by atoms with Crippen LogP contribution in [-0.4, -0.2) is 37.2 Å². The van der Waals surface area contributed by atoms with E-state index in [9.17, 15) is 4.79 Å². The Hall–Kier alpha value is -2.53. The van der Waals surface area contributed by atoms with E-state index >= 15 is 0 Å². The van der Waals surface area contributed by atoms with Crippen molar-refractivity contribution in [2.24, 2.45) is 5.92 Å². The van der Waals surface area contributed by atoms with Gasteiger partial charge in [0.1, 0.15) is 0 Å². The number of amides is 1.